The molecular formula is C20H25N3O3S. The number of hydrogen-bond donors (Lipinski definition) is 0. The molecule has 2 heterocycles. The molecule has 1 aliphatic heterocycles. The Hall–Kier alpha value is -2.41. The molecule has 0 spiro atoms. The fraction of sp³-hybridized carbons (Fsp3) is 0.400. The van der Waals surface area contributed by atoms with Crippen LogP contribution in [0.15, 0.2) is 48.7 Å². The Morgan fingerprint density at radius 2 is 1.96 bits per heavy atom. The summed E-state index contributed by atoms with van der Waals surface area (Å²) in [7, 11) is -1.21. The van der Waals surface area contributed by atoms with Gasteiger partial charge in [-0.05, 0) is 31.0 Å². The van der Waals surface area contributed by atoms with Gasteiger partial charge < -0.3 is 9.80 Å². The second-order valence-corrected chi connectivity index (χ2v) is 9.12. The van der Waals surface area contributed by atoms with Gasteiger partial charge in [-0.1, -0.05) is 30.3 Å². The van der Waals surface area contributed by atoms with Gasteiger partial charge >= 0.3 is 0 Å². The van der Waals surface area contributed by atoms with Gasteiger partial charge in [0.05, 0.1) is 11.5 Å². The van der Waals surface area contributed by atoms with Crippen molar-refractivity contribution in [3.8, 4) is 0 Å². The number of nitrogens with zero attached hydrogens (tertiary/aromatic N) is 3. The van der Waals surface area contributed by atoms with Gasteiger partial charge in [0, 0.05) is 38.1 Å². The van der Waals surface area contributed by atoms with E-state index in [-0.39, 0.29) is 23.5 Å². The number of pyridine rings is 1. The van der Waals surface area contributed by atoms with Gasteiger partial charge in [-0.25, -0.2) is 8.42 Å². The number of carbonyl (C=O) groups excluding carboxylic acids is 1. The molecule has 0 radical (unpaired) electrons. The fourth-order valence-corrected chi connectivity index (χ4v) is 5.24. The molecule has 144 valence electrons. The molecule has 1 aromatic carbocycles. The van der Waals surface area contributed by atoms with Crippen LogP contribution in [0.25, 0.3) is 0 Å². The fourth-order valence-electron chi connectivity index (χ4n) is 3.51. The normalized spacial score (nSPS) is 18.2. The van der Waals surface area contributed by atoms with E-state index < -0.39 is 9.84 Å². The number of aromatic nitrogens is 1. The first kappa shape index (κ1) is 19.4. The number of carbonyl (C=O) groups is 1. The predicted octanol–water partition coefficient (Wildman–Crippen LogP) is 2.37. The summed E-state index contributed by atoms with van der Waals surface area (Å²) in [4.78, 5) is 20.7. The third-order valence-corrected chi connectivity index (χ3v) is 6.64. The van der Waals surface area contributed by atoms with E-state index in [4.69, 9.17) is 0 Å². The molecular weight excluding hydrogens is 362 g/mol. The minimum absolute atomic E-state index is 0.0487. The van der Waals surface area contributed by atoms with E-state index in [9.17, 15) is 13.2 Å². The molecule has 0 bridgehead atoms. The summed E-state index contributed by atoms with van der Waals surface area (Å²) in [6, 6.07) is 13.3. The van der Waals surface area contributed by atoms with Gasteiger partial charge in [-0.3, -0.25) is 9.78 Å². The van der Waals surface area contributed by atoms with E-state index in [0.29, 0.717) is 25.2 Å². The van der Waals surface area contributed by atoms with Crippen molar-refractivity contribution in [3.63, 3.8) is 0 Å². The van der Waals surface area contributed by atoms with Gasteiger partial charge in [-0.2, -0.15) is 0 Å². The SMILES string of the molecule is CCN(c1ccnc(C(=O)N(C)Cc2ccccc2)c1)C1CCS(=O)(=O)C1. The summed E-state index contributed by atoms with van der Waals surface area (Å²) in [6.45, 7) is 3.18. The minimum Gasteiger partial charge on any atom is -0.368 e. The minimum atomic E-state index is -2.97. The lowest BCUT2D eigenvalue weighted by Crippen LogP contribution is -2.36. The maximum Gasteiger partial charge on any atom is 0.272 e. The molecule has 1 aliphatic rings. The number of amides is 1. The Morgan fingerprint density at radius 1 is 1.22 bits per heavy atom. The second-order valence-electron chi connectivity index (χ2n) is 6.89. The number of hydrogen-bond acceptors (Lipinski definition) is 5. The largest absolute Gasteiger partial charge is 0.368 e. The van der Waals surface area contributed by atoms with E-state index in [1.165, 1.54) is 0 Å². The molecule has 6 nitrogen and oxygen atoms in total. The third-order valence-electron chi connectivity index (χ3n) is 4.89. The lowest BCUT2D eigenvalue weighted by molar-refractivity contribution is 0.0779. The number of sulfone groups is 1. The molecule has 0 N–H and O–H groups in total. The van der Waals surface area contributed by atoms with Crippen LogP contribution in [0.3, 0.4) is 0 Å². The smallest absolute Gasteiger partial charge is 0.272 e. The lowest BCUT2D eigenvalue weighted by atomic mass is 10.1. The highest BCUT2D eigenvalue weighted by atomic mass is 32.2. The van der Waals surface area contributed by atoms with E-state index in [2.05, 4.69) is 9.88 Å². The van der Waals surface area contributed by atoms with Crippen molar-refractivity contribution in [3.05, 3.63) is 59.9 Å². The van der Waals surface area contributed by atoms with Gasteiger partial charge in [0.15, 0.2) is 9.84 Å². The molecule has 1 amide bonds. The van der Waals surface area contributed by atoms with Crippen LogP contribution in [0.1, 0.15) is 29.4 Å². The van der Waals surface area contributed by atoms with Crippen LogP contribution in [0.2, 0.25) is 0 Å². The first-order valence-electron chi connectivity index (χ1n) is 9.12. The van der Waals surface area contributed by atoms with E-state index in [0.717, 1.165) is 11.3 Å². The zero-order valence-electron chi connectivity index (χ0n) is 15.7. The Balaban J connectivity index is 1.76. The maximum atomic E-state index is 12.8. The molecule has 2 aromatic rings. The summed E-state index contributed by atoms with van der Waals surface area (Å²) >= 11 is 0. The van der Waals surface area contributed by atoms with Crippen LogP contribution in [-0.4, -0.2) is 55.3 Å². The molecule has 0 saturated carbocycles. The first-order valence-corrected chi connectivity index (χ1v) is 10.9. The summed E-state index contributed by atoms with van der Waals surface area (Å²) in [5.41, 5.74) is 2.26. The molecule has 1 unspecified atom stereocenters. The van der Waals surface area contributed by atoms with Crippen molar-refractivity contribution < 1.29 is 13.2 Å². The number of benzene rings is 1. The Labute approximate surface area is 160 Å². The molecule has 1 aromatic heterocycles. The average Bonchev–Trinajstić information content (AvgIpc) is 3.02. The lowest BCUT2D eigenvalue weighted by Gasteiger charge is -2.29. The van der Waals surface area contributed by atoms with E-state index in [1.807, 2.05) is 43.3 Å². The molecule has 3 rings (SSSR count). The zero-order chi connectivity index (χ0) is 19.4. The van der Waals surface area contributed by atoms with Crippen LogP contribution < -0.4 is 4.90 Å². The monoisotopic (exact) mass is 387 g/mol. The Kier molecular flexibility index (Phi) is 5.79. The van der Waals surface area contributed by atoms with E-state index in [1.54, 1.807) is 24.2 Å². The molecule has 1 atom stereocenters. The summed E-state index contributed by atoms with van der Waals surface area (Å²) in [5.74, 6) is 0.237. The van der Waals surface area contributed by atoms with E-state index >= 15 is 0 Å². The molecule has 0 aliphatic carbocycles. The standard InChI is InChI=1S/C20H25N3O3S/c1-3-23(18-10-12-27(25,26)15-18)17-9-11-21-19(13-17)20(24)22(2)14-16-7-5-4-6-8-16/h4-9,11,13,18H,3,10,12,14-15H2,1-2H3. The molecule has 1 saturated heterocycles. The van der Waals surface area contributed by atoms with Crippen molar-refractivity contribution in [2.75, 3.05) is 30.0 Å². The van der Waals surface area contributed by atoms with Crippen molar-refractivity contribution in [2.45, 2.75) is 25.9 Å². The topological polar surface area (TPSA) is 70.6 Å². The Morgan fingerprint density at radius 3 is 2.59 bits per heavy atom. The third kappa shape index (κ3) is 4.66. The number of rotatable bonds is 6. The van der Waals surface area contributed by atoms with Crippen molar-refractivity contribution in [2.24, 2.45) is 0 Å². The molecule has 7 heteroatoms. The van der Waals surface area contributed by atoms with Gasteiger partial charge in [0.25, 0.3) is 5.91 Å². The van der Waals surface area contributed by atoms with Crippen LogP contribution >= 0.6 is 0 Å². The van der Waals surface area contributed by atoms with Crippen LogP contribution in [0.4, 0.5) is 5.69 Å². The Bertz CT molecular complexity index is 900. The second kappa shape index (κ2) is 8.08. The van der Waals surface area contributed by atoms with Crippen molar-refractivity contribution in [1.29, 1.82) is 0 Å². The molecule has 27 heavy (non-hydrogen) atoms. The van der Waals surface area contributed by atoms with Gasteiger partial charge in [0.2, 0.25) is 0 Å². The van der Waals surface area contributed by atoms with Crippen LogP contribution in [-0.2, 0) is 16.4 Å². The average molecular weight is 388 g/mol. The summed E-state index contributed by atoms with van der Waals surface area (Å²) in [6.07, 6.45) is 2.24. The number of anilines is 1. The highest BCUT2D eigenvalue weighted by molar-refractivity contribution is 7.91. The van der Waals surface area contributed by atoms with Crippen molar-refractivity contribution >= 4 is 21.4 Å². The first-order chi connectivity index (χ1) is 12.9. The highest BCUT2D eigenvalue weighted by Gasteiger charge is 2.32. The van der Waals surface area contributed by atoms with Gasteiger partial charge in [-0.15, -0.1) is 0 Å². The maximum absolute atomic E-state index is 12.8. The summed E-state index contributed by atoms with van der Waals surface area (Å²) < 4.78 is 23.7. The van der Waals surface area contributed by atoms with Crippen LogP contribution in [0, 0.1) is 0 Å². The molecule has 1 fully saturated rings. The summed E-state index contributed by atoms with van der Waals surface area (Å²) in [5, 5.41) is 0. The highest BCUT2D eigenvalue weighted by Crippen LogP contribution is 2.24. The quantitative estimate of drug-likeness (QED) is 0.761. The van der Waals surface area contributed by atoms with Gasteiger partial charge in [0.1, 0.15) is 5.69 Å². The predicted molar refractivity (Wildman–Crippen MR) is 107 cm³/mol. The van der Waals surface area contributed by atoms with Crippen molar-refractivity contribution in [1.82, 2.24) is 9.88 Å². The zero-order valence-corrected chi connectivity index (χ0v) is 16.5. The van der Waals surface area contributed by atoms with Crippen LogP contribution in [0.5, 0.6) is 0 Å².